The van der Waals surface area contributed by atoms with Gasteiger partial charge in [-0.05, 0) is 18.6 Å². The van der Waals surface area contributed by atoms with Gasteiger partial charge in [0, 0.05) is 41.5 Å². The summed E-state index contributed by atoms with van der Waals surface area (Å²) in [7, 11) is 0. The standard InChI is InChI=1S/C16H14N2O/c1-11-3-2-4-12(7-11)8-16(19)14-10-18-15-5-6-17-9-13(14)15/h2-7,9-10,18H,8H2,1H3. The second kappa shape index (κ2) is 4.69. The summed E-state index contributed by atoms with van der Waals surface area (Å²) in [6, 6.07) is 9.92. The Morgan fingerprint density at radius 2 is 2.21 bits per heavy atom. The molecule has 0 atom stereocenters. The zero-order valence-corrected chi connectivity index (χ0v) is 10.7. The monoisotopic (exact) mass is 250 g/mol. The van der Waals surface area contributed by atoms with Crippen LogP contribution in [-0.2, 0) is 6.42 Å². The maximum atomic E-state index is 12.4. The number of Topliss-reactive ketones (excluding diaryl/α,β-unsaturated/α-hetero) is 1. The molecule has 19 heavy (non-hydrogen) atoms. The Balaban J connectivity index is 1.92. The van der Waals surface area contributed by atoms with E-state index >= 15 is 0 Å². The number of hydrogen-bond acceptors (Lipinski definition) is 2. The molecule has 0 aliphatic heterocycles. The molecule has 0 spiro atoms. The number of fused-ring (bicyclic) bond motifs is 1. The number of H-pyrrole nitrogens is 1. The molecule has 0 radical (unpaired) electrons. The molecule has 0 amide bonds. The van der Waals surface area contributed by atoms with Crippen LogP contribution in [0.3, 0.4) is 0 Å². The second-order valence-electron chi connectivity index (χ2n) is 4.71. The van der Waals surface area contributed by atoms with E-state index in [1.165, 1.54) is 5.56 Å². The lowest BCUT2D eigenvalue weighted by molar-refractivity contribution is 0.0994. The fraction of sp³-hybridized carbons (Fsp3) is 0.125. The Hall–Kier alpha value is -2.42. The molecular weight excluding hydrogens is 236 g/mol. The zero-order valence-electron chi connectivity index (χ0n) is 10.7. The molecular formula is C16H14N2O. The van der Waals surface area contributed by atoms with Crippen molar-refractivity contribution in [3.05, 3.63) is 65.6 Å². The number of rotatable bonds is 3. The Labute approximate surface area is 111 Å². The van der Waals surface area contributed by atoms with E-state index in [1.54, 1.807) is 18.6 Å². The van der Waals surface area contributed by atoms with Gasteiger partial charge in [0.1, 0.15) is 0 Å². The van der Waals surface area contributed by atoms with E-state index in [9.17, 15) is 4.79 Å². The molecule has 0 unspecified atom stereocenters. The van der Waals surface area contributed by atoms with Gasteiger partial charge in [-0.1, -0.05) is 29.8 Å². The Kier molecular flexibility index (Phi) is 2.88. The van der Waals surface area contributed by atoms with Crippen LogP contribution in [0.2, 0.25) is 0 Å². The maximum Gasteiger partial charge on any atom is 0.169 e. The van der Waals surface area contributed by atoms with Crippen LogP contribution in [0.1, 0.15) is 21.5 Å². The van der Waals surface area contributed by atoms with Gasteiger partial charge in [0.05, 0.1) is 0 Å². The molecule has 94 valence electrons. The predicted molar refractivity (Wildman–Crippen MR) is 75.3 cm³/mol. The van der Waals surface area contributed by atoms with Gasteiger partial charge in [0.2, 0.25) is 0 Å². The second-order valence-corrected chi connectivity index (χ2v) is 4.71. The van der Waals surface area contributed by atoms with Crippen molar-refractivity contribution in [2.75, 3.05) is 0 Å². The first-order chi connectivity index (χ1) is 9.24. The molecule has 3 heteroatoms. The van der Waals surface area contributed by atoms with Crippen molar-refractivity contribution >= 4 is 16.7 Å². The SMILES string of the molecule is Cc1cccc(CC(=O)c2c[nH]c3ccncc23)c1. The van der Waals surface area contributed by atoms with Crippen LogP contribution in [0.5, 0.6) is 0 Å². The fourth-order valence-corrected chi connectivity index (χ4v) is 2.30. The number of aromatic nitrogens is 2. The number of carbonyl (C=O) groups is 1. The molecule has 3 aromatic rings. The first-order valence-electron chi connectivity index (χ1n) is 6.24. The molecule has 1 N–H and O–H groups in total. The fourth-order valence-electron chi connectivity index (χ4n) is 2.30. The zero-order chi connectivity index (χ0) is 13.2. The number of nitrogens with one attached hydrogen (secondary N) is 1. The molecule has 0 aliphatic carbocycles. The molecule has 0 saturated heterocycles. The highest BCUT2D eigenvalue weighted by atomic mass is 16.1. The normalized spacial score (nSPS) is 10.8. The molecule has 0 bridgehead atoms. The van der Waals surface area contributed by atoms with E-state index < -0.39 is 0 Å². The minimum absolute atomic E-state index is 0.116. The summed E-state index contributed by atoms with van der Waals surface area (Å²) >= 11 is 0. The van der Waals surface area contributed by atoms with E-state index in [4.69, 9.17) is 0 Å². The van der Waals surface area contributed by atoms with Crippen LogP contribution in [0, 0.1) is 6.92 Å². The highest BCUT2D eigenvalue weighted by molar-refractivity contribution is 6.08. The van der Waals surface area contributed by atoms with Crippen molar-refractivity contribution in [2.24, 2.45) is 0 Å². The topological polar surface area (TPSA) is 45.8 Å². The quantitative estimate of drug-likeness (QED) is 0.725. The highest BCUT2D eigenvalue weighted by Gasteiger charge is 2.12. The Morgan fingerprint density at radius 3 is 3.05 bits per heavy atom. The molecule has 3 nitrogen and oxygen atoms in total. The largest absolute Gasteiger partial charge is 0.360 e. The average Bonchev–Trinajstić information content (AvgIpc) is 2.82. The minimum atomic E-state index is 0.116. The van der Waals surface area contributed by atoms with Crippen molar-refractivity contribution < 1.29 is 4.79 Å². The third-order valence-corrected chi connectivity index (χ3v) is 3.23. The Morgan fingerprint density at radius 1 is 1.32 bits per heavy atom. The van der Waals surface area contributed by atoms with Gasteiger partial charge < -0.3 is 4.98 Å². The minimum Gasteiger partial charge on any atom is -0.360 e. The number of nitrogens with zero attached hydrogens (tertiary/aromatic N) is 1. The summed E-state index contributed by atoms with van der Waals surface area (Å²) in [4.78, 5) is 19.5. The number of aromatic amines is 1. The molecule has 0 fully saturated rings. The van der Waals surface area contributed by atoms with Gasteiger partial charge >= 0.3 is 0 Å². The first kappa shape index (κ1) is 11.7. The van der Waals surface area contributed by atoms with E-state index in [2.05, 4.69) is 9.97 Å². The van der Waals surface area contributed by atoms with Gasteiger partial charge in [-0.25, -0.2) is 0 Å². The van der Waals surface area contributed by atoms with Crippen LogP contribution in [0.25, 0.3) is 10.9 Å². The summed E-state index contributed by atoms with van der Waals surface area (Å²) in [5, 5.41) is 0.889. The smallest absolute Gasteiger partial charge is 0.169 e. The Bertz CT molecular complexity index is 743. The summed E-state index contributed by atoms with van der Waals surface area (Å²) in [5.74, 6) is 0.116. The number of pyridine rings is 1. The van der Waals surface area contributed by atoms with Gasteiger partial charge in [-0.3, -0.25) is 9.78 Å². The van der Waals surface area contributed by atoms with Crippen LogP contribution in [0.15, 0.2) is 48.9 Å². The molecule has 1 aromatic carbocycles. The van der Waals surface area contributed by atoms with Crippen molar-refractivity contribution in [2.45, 2.75) is 13.3 Å². The average molecular weight is 250 g/mol. The van der Waals surface area contributed by atoms with E-state index in [1.807, 2.05) is 37.3 Å². The van der Waals surface area contributed by atoms with Crippen molar-refractivity contribution in [3.63, 3.8) is 0 Å². The van der Waals surface area contributed by atoms with Crippen LogP contribution >= 0.6 is 0 Å². The number of carbonyl (C=O) groups excluding carboxylic acids is 1. The third kappa shape index (κ3) is 2.27. The number of ketones is 1. The van der Waals surface area contributed by atoms with Crippen molar-refractivity contribution in [3.8, 4) is 0 Å². The lowest BCUT2D eigenvalue weighted by atomic mass is 10.0. The van der Waals surface area contributed by atoms with Gasteiger partial charge in [0.25, 0.3) is 0 Å². The van der Waals surface area contributed by atoms with E-state index in [0.717, 1.165) is 16.5 Å². The van der Waals surface area contributed by atoms with Crippen molar-refractivity contribution in [1.82, 2.24) is 9.97 Å². The number of benzene rings is 1. The van der Waals surface area contributed by atoms with E-state index in [-0.39, 0.29) is 5.78 Å². The first-order valence-corrected chi connectivity index (χ1v) is 6.24. The lowest BCUT2D eigenvalue weighted by Crippen LogP contribution is -2.02. The maximum absolute atomic E-state index is 12.4. The van der Waals surface area contributed by atoms with Crippen LogP contribution in [-0.4, -0.2) is 15.8 Å². The predicted octanol–water partition coefficient (Wildman–Crippen LogP) is 3.30. The highest BCUT2D eigenvalue weighted by Crippen LogP contribution is 2.18. The van der Waals surface area contributed by atoms with Crippen molar-refractivity contribution in [1.29, 1.82) is 0 Å². The summed E-state index contributed by atoms with van der Waals surface area (Å²) in [5.41, 5.74) is 3.88. The third-order valence-electron chi connectivity index (χ3n) is 3.23. The number of hydrogen-bond donors (Lipinski definition) is 1. The molecule has 2 heterocycles. The summed E-state index contributed by atoms with van der Waals surface area (Å²) < 4.78 is 0. The van der Waals surface area contributed by atoms with Gasteiger partial charge in [0.15, 0.2) is 5.78 Å². The molecule has 0 aliphatic rings. The van der Waals surface area contributed by atoms with Gasteiger partial charge in [-0.2, -0.15) is 0 Å². The molecule has 0 saturated carbocycles. The van der Waals surface area contributed by atoms with Gasteiger partial charge in [-0.15, -0.1) is 0 Å². The van der Waals surface area contributed by atoms with E-state index in [0.29, 0.717) is 12.0 Å². The summed E-state index contributed by atoms with van der Waals surface area (Å²) in [6.45, 7) is 2.03. The van der Waals surface area contributed by atoms with Crippen LogP contribution < -0.4 is 0 Å². The van der Waals surface area contributed by atoms with Crippen LogP contribution in [0.4, 0.5) is 0 Å². The molecule has 3 rings (SSSR count). The lowest BCUT2D eigenvalue weighted by Gasteiger charge is -2.01. The number of aryl methyl sites for hydroxylation is 1. The molecule has 2 aromatic heterocycles. The summed E-state index contributed by atoms with van der Waals surface area (Å²) in [6.07, 6.45) is 5.64.